The molecule has 2 aromatic heterocycles. The summed E-state index contributed by atoms with van der Waals surface area (Å²) >= 11 is 3.85. The highest BCUT2D eigenvalue weighted by Crippen LogP contribution is 2.52. The molecule has 0 aliphatic rings. The monoisotopic (exact) mass is 592 g/mol. The molecule has 0 atom stereocenters. The molecule has 204 valence electrons. The van der Waals surface area contributed by atoms with Crippen LogP contribution in [0, 0.1) is 0 Å². The second-order valence-electron chi connectivity index (χ2n) is 11.6. The average molecular weight is 593 g/mol. The smallest absolute Gasteiger partial charge is 0.0454 e. The van der Waals surface area contributed by atoms with E-state index in [4.69, 9.17) is 0 Å². The normalized spacial score (nSPS) is 12.1. The van der Waals surface area contributed by atoms with E-state index < -0.39 is 0 Å². The first-order chi connectivity index (χ1) is 21.8. The van der Waals surface area contributed by atoms with Crippen molar-refractivity contribution in [3.63, 3.8) is 0 Å². The van der Waals surface area contributed by atoms with Gasteiger partial charge in [0.25, 0.3) is 0 Å². The zero-order valence-corrected chi connectivity index (χ0v) is 25.3. The molecule has 0 amide bonds. The Morgan fingerprint density at radius 3 is 1.45 bits per heavy atom. The molecular formula is C42H24S2. The molecule has 0 aliphatic carbocycles. The van der Waals surface area contributed by atoms with Crippen LogP contribution in [0.1, 0.15) is 0 Å². The molecule has 2 heteroatoms. The second kappa shape index (κ2) is 9.24. The Morgan fingerprint density at radius 1 is 0.318 bits per heavy atom. The predicted octanol–water partition coefficient (Wildman–Crippen LogP) is 13.2. The Morgan fingerprint density at radius 2 is 0.795 bits per heavy atom. The van der Waals surface area contributed by atoms with Crippen LogP contribution in [0.3, 0.4) is 0 Å². The minimum atomic E-state index is 1.27. The lowest BCUT2D eigenvalue weighted by atomic mass is 9.83. The molecule has 8 aromatic carbocycles. The maximum Gasteiger partial charge on any atom is 0.0454 e. The standard InChI is InChI=1S/C42H24S2/c1-2-14-26-25(12-1)13-11-21-27(26)38-28-15-3-5-17-30(28)39(31-18-6-4-16-29(31)38)34-24-37-41(33-20-8-9-22-35(33)43-37)42-40(34)32-19-7-10-23-36(32)44-42/h1-24H. The van der Waals surface area contributed by atoms with Crippen molar-refractivity contribution in [2.45, 2.75) is 0 Å². The van der Waals surface area contributed by atoms with E-state index in [0.29, 0.717) is 0 Å². The Labute approximate surface area is 262 Å². The van der Waals surface area contributed by atoms with Crippen molar-refractivity contribution in [1.82, 2.24) is 0 Å². The van der Waals surface area contributed by atoms with Crippen LogP contribution in [0.4, 0.5) is 0 Å². The quantitative estimate of drug-likeness (QED) is 0.175. The Balaban J connectivity index is 1.44. The van der Waals surface area contributed by atoms with Gasteiger partial charge in [-0.05, 0) is 72.8 Å². The zero-order valence-electron chi connectivity index (χ0n) is 23.7. The lowest BCUT2D eigenvalue weighted by molar-refractivity contribution is 1.70. The number of thiophene rings is 2. The number of benzene rings is 8. The Bertz CT molecular complexity index is 2710. The van der Waals surface area contributed by atoms with Crippen molar-refractivity contribution in [2.75, 3.05) is 0 Å². The third-order valence-corrected chi connectivity index (χ3v) is 11.6. The minimum absolute atomic E-state index is 1.27. The minimum Gasteiger partial charge on any atom is -0.135 e. The van der Waals surface area contributed by atoms with E-state index in [-0.39, 0.29) is 0 Å². The van der Waals surface area contributed by atoms with Gasteiger partial charge in [-0.3, -0.25) is 0 Å². The van der Waals surface area contributed by atoms with E-state index in [0.717, 1.165) is 0 Å². The molecule has 0 bridgehead atoms. The van der Waals surface area contributed by atoms with E-state index in [2.05, 4.69) is 146 Å². The lowest BCUT2D eigenvalue weighted by Gasteiger charge is -2.19. The van der Waals surface area contributed by atoms with Crippen LogP contribution < -0.4 is 0 Å². The van der Waals surface area contributed by atoms with Gasteiger partial charge in [-0.2, -0.15) is 0 Å². The van der Waals surface area contributed by atoms with Crippen LogP contribution >= 0.6 is 22.7 Å². The summed E-state index contributed by atoms with van der Waals surface area (Å²) in [6.45, 7) is 0. The Hall–Kier alpha value is -5.02. The molecule has 0 N–H and O–H groups in total. The first-order valence-electron chi connectivity index (χ1n) is 15.0. The molecule has 0 unspecified atom stereocenters. The largest absolute Gasteiger partial charge is 0.135 e. The summed E-state index contributed by atoms with van der Waals surface area (Å²) in [7, 11) is 0. The van der Waals surface area contributed by atoms with Crippen molar-refractivity contribution in [3.8, 4) is 22.3 Å². The molecule has 44 heavy (non-hydrogen) atoms. The highest BCUT2D eigenvalue weighted by Gasteiger charge is 2.23. The lowest BCUT2D eigenvalue weighted by Crippen LogP contribution is -1.92. The number of rotatable bonds is 2. The van der Waals surface area contributed by atoms with Crippen LogP contribution in [-0.4, -0.2) is 0 Å². The van der Waals surface area contributed by atoms with Gasteiger partial charge < -0.3 is 0 Å². The molecule has 10 rings (SSSR count). The average Bonchev–Trinajstić information content (AvgIpc) is 3.65. The summed E-state index contributed by atoms with van der Waals surface area (Å²) in [5.41, 5.74) is 5.25. The van der Waals surface area contributed by atoms with E-state index in [9.17, 15) is 0 Å². The molecule has 0 saturated heterocycles. The maximum atomic E-state index is 2.49. The van der Waals surface area contributed by atoms with Gasteiger partial charge in [0.1, 0.15) is 0 Å². The maximum absolute atomic E-state index is 2.49. The summed E-state index contributed by atoms with van der Waals surface area (Å²) in [5.74, 6) is 0. The van der Waals surface area contributed by atoms with Crippen molar-refractivity contribution >= 4 is 95.3 Å². The molecule has 0 spiro atoms. The van der Waals surface area contributed by atoms with E-state index in [1.807, 2.05) is 22.7 Å². The van der Waals surface area contributed by atoms with Gasteiger partial charge in [0.15, 0.2) is 0 Å². The van der Waals surface area contributed by atoms with Gasteiger partial charge in [0.2, 0.25) is 0 Å². The van der Waals surface area contributed by atoms with Gasteiger partial charge in [-0.15, -0.1) is 22.7 Å². The van der Waals surface area contributed by atoms with Crippen molar-refractivity contribution in [1.29, 1.82) is 0 Å². The molecule has 0 radical (unpaired) electrons. The fourth-order valence-corrected chi connectivity index (χ4v) is 9.95. The number of fused-ring (bicyclic) bond motifs is 10. The first-order valence-corrected chi connectivity index (χ1v) is 16.7. The molecule has 0 nitrogen and oxygen atoms in total. The van der Waals surface area contributed by atoms with Crippen LogP contribution in [-0.2, 0) is 0 Å². The molecule has 0 aliphatic heterocycles. The Kier molecular flexibility index (Phi) is 5.13. The summed E-state index contributed by atoms with van der Waals surface area (Å²) < 4.78 is 5.43. The molecule has 10 aromatic rings. The topological polar surface area (TPSA) is 0 Å². The van der Waals surface area contributed by atoms with Crippen LogP contribution in [0.2, 0.25) is 0 Å². The van der Waals surface area contributed by atoms with Crippen LogP contribution in [0.5, 0.6) is 0 Å². The first kappa shape index (κ1) is 24.4. The number of hydrogen-bond donors (Lipinski definition) is 0. The fraction of sp³-hybridized carbons (Fsp3) is 0. The van der Waals surface area contributed by atoms with Crippen molar-refractivity contribution < 1.29 is 0 Å². The highest BCUT2D eigenvalue weighted by molar-refractivity contribution is 7.30. The summed E-state index contributed by atoms with van der Waals surface area (Å²) in [4.78, 5) is 0. The summed E-state index contributed by atoms with van der Waals surface area (Å²) in [6, 6.07) is 53.9. The van der Waals surface area contributed by atoms with Crippen LogP contribution in [0.25, 0.3) is 94.9 Å². The zero-order chi connectivity index (χ0) is 28.8. The molecule has 0 saturated carbocycles. The fourth-order valence-electron chi connectivity index (χ4n) is 7.44. The van der Waals surface area contributed by atoms with Gasteiger partial charge in [-0.1, -0.05) is 127 Å². The van der Waals surface area contributed by atoms with Crippen molar-refractivity contribution in [2.24, 2.45) is 0 Å². The third kappa shape index (κ3) is 3.33. The van der Waals surface area contributed by atoms with E-state index in [1.54, 1.807) is 0 Å². The summed E-state index contributed by atoms with van der Waals surface area (Å²) in [5, 5.41) is 13.2. The second-order valence-corrected chi connectivity index (χ2v) is 13.7. The van der Waals surface area contributed by atoms with Gasteiger partial charge in [0, 0.05) is 40.3 Å². The van der Waals surface area contributed by atoms with Crippen molar-refractivity contribution in [3.05, 3.63) is 146 Å². The van der Waals surface area contributed by atoms with Gasteiger partial charge in [-0.25, -0.2) is 0 Å². The summed E-state index contributed by atoms with van der Waals surface area (Å²) in [6.07, 6.45) is 0. The van der Waals surface area contributed by atoms with Gasteiger partial charge in [0.05, 0.1) is 0 Å². The number of hydrogen-bond acceptors (Lipinski definition) is 2. The molecule has 0 fully saturated rings. The van der Waals surface area contributed by atoms with Crippen LogP contribution in [0.15, 0.2) is 146 Å². The van der Waals surface area contributed by atoms with E-state index in [1.165, 1.54) is 94.9 Å². The third-order valence-electron chi connectivity index (χ3n) is 9.25. The van der Waals surface area contributed by atoms with Gasteiger partial charge >= 0.3 is 0 Å². The SMILES string of the molecule is c1ccc2c(-c3c4ccccc4c(-c4cc5sc6ccccc6c5c5sc6ccccc6c45)c4ccccc34)cccc2c1. The molecular weight excluding hydrogens is 569 g/mol. The highest BCUT2D eigenvalue weighted by atomic mass is 32.1. The van der Waals surface area contributed by atoms with E-state index >= 15 is 0 Å². The predicted molar refractivity (Wildman–Crippen MR) is 196 cm³/mol. The molecule has 2 heterocycles.